The minimum absolute atomic E-state index is 0.218. The highest BCUT2D eigenvalue weighted by atomic mass is 16.5. The van der Waals surface area contributed by atoms with Crippen molar-refractivity contribution in [2.45, 2.75) is 46.1 Å². The van der Waals surface area contributed by atoms with E-state index in [0.717, 1.165) is 30.3 Å². The molecule has 2 heterocycles. The summed E-state index contributed by atoms with van der Waals surface area (Å²) in [6.07, 6.45) is 4.40. The van der Waals surface area contributed by atoms with Crippen LogP contribution in [0.5, 0.6) is 0 Å². The molecule has 1 unspecified atom stereocenters. The summed E-state index contributed by atoms with van der Waals surface area (Å²) in [6.45, 7) is 6.01. The van der Waals surface area contributed by atoms with Crippen LogP contribution in [0.25, 0.3) is 0 Å². The first kappa shape index (κ1) is 31.9. The molecule has 0 aliphatic heterocycles. The molecule has 216 valence electrons. The van der Waals surface area contributed by atoms with E-state index in [9.17, 15) is 20.4 Å². The number of carboxylic acid groups (broad SMARTS) is 1. The summed E-state index contributed by atoms with van der Waals surface area (Å²) >= 11 is 0. The quantitative estimate of drug-likeness (QED) is 0.145. The Morgan fingerprint density at radius 1 is 1.02 bits per heavy atom. The van der Waals surface area contributed by atoms with Crippen molar-refractivity contribution >= 4 is 35.2 Å². The Labute approximate surface area is 233 Å². The Balaban J connectivity index is 2.55. The van der Waals surface area contributed by atoms with Crippen molar-refractivity contribution in [1.82, 2.24) is 19.5 Å². The summed E-state index contributed by atoms with van der Waals surface area (Å²) in [7, 11) is 3.16. The molecule has 15 nitrogen and oxygen atoms in total. The van der Waals surface area contributed by atoms with Crippen LogP contribution in [-0.2, 0) is 20.8 Å². The normalized spacial score (nSPS) is 11.7. The van der Waals surface area contributed by atoms with Crippen molar-refractivity contribution in [2.75, 3.05) is 63.0 Å². The fourth-order valence-electron chi connectivity index (χ4n) is 3.69. The van der Waals surface area contributed by atoms with E-state index in [1.54, 1.807) is 26.4 Å². The Morgan fingerprint density at radius 2 is 1.68 bits per heavy atom. The van der Waals surface area contributed by atoms with Crippen molar-refractivity contribution in [3.63, 3.8) is 0 Å². The van der Waals surface area contributed by atoms with Crippen molar-refractivity contribution in [3.8, 4) is 12.1 Å². The van der Waals surface area contributed by atoms with Crippen LogP contribution in [-0.4, -0.2) is 77.7 Å². The highest BCUT2D eigenvalue weighted by molar-refractivity contribution is 5.75. The Hall–Kier alpha value is -4.34. The van der Waals surface area contributed by atoms with Crippen LogP contribution in [0.3, 0.4) is 0 Å². The number of unbranched alkanes of at least 4 members (excludes halogenated alkanes) is 1. The van der Waals surface area contributed by atoms with Gasteiger partial charge in [0.25, 0.3) is 5.95 Å². The predicted molar refractivity (Wildman–Crippen MR) is 148 cm³/mol. The monoisotopic (exact) mass is 555 g/mol. The first-order chi connectivity index (χ1) is 19.4. The molecule has 0 aliphatic rings. The summed E-state index contributed by atoms with van der Waals surface area (Å²) in [6, 6.07) is 3.59. The summed E-state index contributed by atoms with van der Waals surface area (Å²) in [5.74, 6) is 0.0929. The fraction of sp³-hybridized carbons (Fsp3) is 0.600. The van der Waals surface area contributed by atoms with E-state index in [1.807, 2.05) is 0 Å². The number of ether oxygens (including phenoxy) is 2. The van der Waals surface area contributed by atoms with Crippen LogP contribution in [0.4, 0.5) is 29.2 Å². The number of hydrogen-bond acceptors (Lipinski definition) is 13. The SMILES string of the molecule is CCCCC(CC)CNc1nc(NCCOC)c(N=Nc2nc(C#N)c(C#N)n2CC(=O)O)c(NCCOC)n1. The van der Waals surface area contributed by atoms with Crippen LogP contribution in [0.1, 0.15) is 50.9 Å². The Bertz CT molecular complexity index is 1190. The number of aromatic nitrogens is 4. The number of nitrogens with zero attached hydrogens (tertiary/aromatic N) is 8. The number of nitriles is 2. The van der Waals surface area contributed by atoms with E-state index in [0.29, 0.717) is 56.4 Å². The maximum Gasteiger partial charge on any atom is 0.323 e. The predicted octanol–water partition coefficient (Wildman–Crippen LogP) is 3.66. The zero-order valence-corrected chi connectivity index (χ0v) is 23.4. The maximum absolute atomic E-state index is 11.4. The van der Waals surface area contributed by atoms with Gasteiger partial charge in [0, 0.05) is 33.9 Å². The number of imidazole rings is 1. The number of carboxylic acids is 1. The molecule has 2 aromatic heterocycles. The smallest absolute Gasteiger partial charge is 0.323 e. The number of carbonyl (C=O) groups is 1. The number of aliphatic carboxylic acids is 1. The second kappa shape index (κ2) is 17.3. The second-order valence-corrected chi connectivity index (χ2v) is 8.74. The lowest BCUT2D eigenvalue weighted by Gasteiger charge is -2.18. The third-order valence-corrected chi connectivity index (χ3v) is 5.87. The summed E-state index contributed by atoms with van der Waals surface area (Å²) in [4.78, 5) is 24.6. The molecule has 0 fully saturated rings. The van der Waals surface area contributed by atoms with Gasteiger partial charge in [-0.25, -0.2) is 0 Å². The van der Waals surface area contributed by atoms with Gasteiger partial charge in [-0.3, -0.25) is 9.36 Å². The Morgan fingerprint density at radius 3 is 2.17 bits per heavy atom. The molecule has 40 heavy (non-hydrogen) atoms. The van der Waals surface area contributed by atoms with E-state index in [4.69, 9.17) is 9.47 Å². The molecule has 0 bridgehead atoms. The first-order valence-corrected chi connectivity index (χ1v) is 13.1. The lowest BCUT2D eigenvalue weighted by Crippen LogP contribution is -2.18. The molecule has 0 saturated carbocycles. The van der Waals surface area contributed by atoms with Gasteiger partial charge in [0.15, 0.2) is 28.7 Å². The second-order valence-electron chi connectivity index (χ2n) is 8.74. The van der Waals surface area contributed by atoms with Crippen LogP contribution in [0, 0.1) is 28.6 Å². The molecular weight excluding hydrogens is 518 g/mol. The number of hydrogen-bond donors (Lipinski definition) is 4. The van der Waals surface area contributed by atoms with Crippen molar-refractivity contribution in [2.24, 2.45) is 16.1 Å². The van der Waals surface area contributed by atoms with Gasteiger partial charge in [-0.05, 0) is 12.3 Å². The van der Waals surface area contributed by atoms with Crippen LogP contribution in [0.15, 0.2) is 10.2 Å². The summed E-state index contributed by atoms with van der Waals surface area (Å²) in [5, 5.41) is 46.2. The van der Waals surface area contributed by atoms with E-state index in [-0.39, 0.29) is 23.0 Å². The lowest BCUT2D eigenvalue weighted by atomic mass is 9.99. The van der Waals surface area contributed by atoms with Gasteiger partial charge in [0.2, 0.25) is 5.95 Å². The molecule has 2 aromatic rings. The van der Waals surface area contributed by atoms with Crippen molar-refractivity contribution < 1.29 is 19.4 Å². The van der Waals surface area contributed by atoms with Gasteiger partial charge in [-0.15, -0.1) is 10.2 Å². The molecular formula is C25H37N11O4. The number of anilines is 3. The maximum atomic E-state index is 11.4. The Kier molecular flexibility index (Phi) is 13.8. The molecule has 15 heteroatoms. The number of azo groups is 1. The van der Waals surface area contributed by atoms with Gasteiger partial charge in [0.05, 0.1) is 13.2 Å². The third-order valence-electron chi connectivity index (χ3n) is 5.87. The molecule has 0 radical (unpaired) electrons. The van der Waals surface area contributed by atoms with E-state index < -0.39 is 12.5 Å². The van der Waals surface area contributed by atoms with Gasteiger partial charge < -0.3 is 30.5 Å². The van der Waals surface area contributed by atoms with E-state index >= 15 is 0 Å². The minimum Gasteiger partial charge on any atom is -0.480 e. The van der Waals surface area contributed by atoms with Gasteiger partial charge in [-0.2, -0.15) is 25.5 Å². The largest absolute Gasteiger partial charge is 0.480 e. The standard InChI is InChI=1S/C25H37N11O4/c1-5-7-8-17(6-2)15-30-24-32-22(28-9-11-39-3)21(23(33-24)29-10-12-40-4)34-35-25-31-18(13-26)19(14-27)36(25)16-20(37)38/h17H,5-12,15-16H2,1-4H3,(H,37,38)(H3,28,29,30,32,33). The fourth-order valence-corrected chi connectivity index (χ4v) is 3.69. The third kappa shape index (κ3) is 9.44. The number of nitrogens with one attached hydrogen (secondary N) is 3. The zero-order chi connectivity index (χ0) is 29.3. The molecule has 0 aliphatic carbocycles. The molecule has 4 N–H and O–H groups in total. The molecule has 0 amide bonds. The van der Waals surface area contributed by atoms with Crippen molar-refractivity contribution in [1.29, 1.82) is 10.5 Å². The number of rotatable bonds is 19. The zero-order valence-electron chi connectivity index (χ0n) is 23.4. The summed E-state index contributed by atoms with van der Waals surface area (Å²) in [5.41, 5.74) is -0.253. The van der Waals surface area contributed by atoms with Gasteiger partial charge >= 0.3 is 5.97 Å². The van der Waals surface area contributed by atoms with Crippen LogP contribution < -0.4 is 16.0 Å². The minimum atomic E-state index is -1.23. The van der Waals surface area contributed by atoms with Crippen molar-refractivity contribution in [3.05, 3.63) is 11.4 Å². The summed E-state index contributed by atoms with van der Waals surface area (Å²) < 4.78 is 11.3. The van der Waals surface area contributed by atoms with E-state index in [2.05, 4.69) is 55.0 Å². The topological polar surface area (TPSA) is 208 Å². The van der Waals surface area contributed by atoms with Gasteiger partial charge in [-0.1, -0.05) is 33.1 Å². The molecule has 2 rings (SSSR count). The first-order valence-electron chi connectivity index (χ1n) is 13.1. The molecule has 1 atom stereocenters. The highest BCUT2D eigenvalue weighted by Crippen LogP contribution is 2.34. The van der Waals surface area contributed by atoms with Crippen LogP contribution >= 0.6 is 0 Å². The average molecular weight is 556 g/mol. The molecule has 0 spiro atoms. The lowest BCUT2D eigenvalue weighted by molar-refractivity contribution is -0.137. The highest BCUT2D eigenvalue weighted by Gasteiger charge is 2.20. The molecule has 0 aromatic carbocycles. The average Bonchev–Trinajstić information content (AvgIpc) is 3.28. The van der Waals surface area contributed by atoms with E-state index in [1.165, 1.54) is 0 Å². The van der Waals surface area contributed by atoms with Gasteiger partial charge in [0.1, 0.15) is 18.7 Å². The molecule has 0 saturated heterocycles. The number of methoxy groups -OCH3 is 2. The van der Waals surface area contributed by atoms with Crippen LogP contribution in [0.2, 0.25) is 0 Å².